The van der Waals surface area contributed by atoms with E-state index >= 15 is 0 Å². The fraction of sp³-hybridized carbons (Fsp3) is 0.0526. The van der Waals surface area contributed by atoms with Gasteiger partial charge in [-0.3, -0.25) is 0 Å². The second kappa shape index (κ2) is 14.1. The number of anilines is 3. The van der Waals surface area contributed by atoms with E-state index in [-0.39, 0.29) is 5.41 Å². The highest BCUT2D eigenvalue weighted by molar-refractivity contribution is 7.26. The Bertz CT molecular complexity index is 3160. The van der Waals surface area contributed by atoms with Crippen LogP contribution in [0.2, 0.25) is 0 Å². The van der Waals surface area contributed by atoms with Crippen LogP contribution in [-0.2, 0) is 5.41 Å². The molecule has 9 aromatic carbocycles. The summed E-state index contributed by atoms with van der Waals surface area (Å²) in [4.78, 5) is 2.40. The highest BCUT2D eigenvalue weighted by atomic mass is 32.1. The molecular weight excluding hydrogens is 731 g/mol. The Labute approximate surface area is 350 Å². The molecule has 0 saturated carbocycles. The van der Waals surface area contributed by atoms with Crippen LogP contribution in [0.25, 0.3) is 75.8 Å². The predicted molar refractivity (Wildman–Crippen MR) is 253 cm³/mol. The van der Waals surface area contributed by atoms with Gasteiger partial charge in [0, 0.05) is 48.2 Å². The second-order valence-corrected chi connectivity index (χ2v) is 17.2. The summed E-state index contributed by atoms with van der Waals surface area (Å²) in [5, 5.41) is 2.62. The van der Waals surface area contributed by atoms with E-state index in [0.29, 0.717) is 0 Å². The molecule has 1 nitrogen and oxygen atoms in total. The first-order valence-electron chi connectivity index (χ1n) is 20.4. The Kier molecular flexibility index (Phi) is 8.43. The van der Waals surface area contributed by atoms with Crippen LogP contribution in [0.3, 0.4) is 0 Å². The van der Waals surface area contributed by atoms with Gasteiger partial charge < -0.3 is 4.90 Å². The lowest BCUT2D eigenvalue weighted by molar-refractivity contribution is 0.660. The number of fused-ring (bicyclic) bond motifs is 6. The Balaban J connectivity index is 1.04. The monoisotopic (exact) mass is 771 g/mol. The summed E-state index contributed by atoms with van der Waals surface area (Å²) in [6, 6.07) is 78.0. The van der Waals surface area contributed by atoms with Crippen molar-refractivity contribution in [1.82, 2.24) is 0 Å². The van der Waals surface area contributed by atoms with Crippen molar-refractivity contribution >= 4 is 48.6 Å². The Morgan fingerprint density at radius 1 is 0.356 bits per heavy atom. The third-order valence-electron chi connectivity index (χ3n) is 12.3. The van der Waals surface area contributed by atoms with Gasteiger partial charge in [-0.2, -0.15) is 0 Å². The van der Waals surface area contributed by atoms with E-state index in [1.165, 1.54) is 86.9 Å². The van der Waals surface area contributed by atoms with Crippen LogP contribution in [-0.4, -0.2) is 0 Å². The van der Waals surface area contributed by atoms with Gasteiger partial charge in [0.15, 0.2) is 0 Å². The normalized spacial score (nSPS) is 12.7. The van der Waals surface area contributed by atoms with Gasteiger partial charge >= 0.3 is 0 Å². The predicted octanol–water partition coefficient (Wildman–Crippen LogP) is 16.5. The van der Waals surface area contributed by atoms with Crippen molar-refractivity contribution in [2.45, 2.75) is 19.3 Å². The molecule has 0 atom stereocenters. The molecule has 1 aromatic heterocycles. The first-order valence-corrected chi connectivity index (χ1v) is 21.2. The number of nitrogens with zero attached hydrogens (tertiary/aromatic N) is 1. The van der Waals surface area contributed by atoms with Gasteiger partial charge in [-0.05, 0) is 110 Å². The zero-order valence-electron chi connectivity index (χ0n) is 33.1. The summed E-state index contributed by atoms with van der Waals surface area (Å²) < 4.78 is 2.63. The summed E-state index contributed by atoms with van der Waals surface area (Å²) in [6.07, 6.45) is 0. The van der Waals surface area contributed by atoms with Crippen LogP contribution in [0.4, 0.5) is 17.1 Å². The maximum absolute atomic E-state index is 2.42. The van der Waals surface area contributed by atoms with Crippen LogP contribution in [0.5, 0.6) is 0 Å². The third kappa shape index (κ3) is 5.99. The molecule has 0 unspecified atom stereocenters. The number of benzene rings is 9. The zero-order valence-corrected chi connectivity index (χ0v) is 33.9. The summed E-state index contributed by atoms with van der Waals surface area (Å²) in [7, 11) is 0. The molecule has 0 bridgehead atoms. The third-order valence-corrected chi connectivity index (χ3v) is 13.5. The van der Waals surface area contributed by atoms with E-state index in [2.05, 4.69) is 231 Å². The van der Waals surface area contributed by atoms with Gasteiger partial charge in [0.05, 0.1) is 0 Å². The topological polar surface area (TPSA) is 3.24 Å². The van der Waals surface area contributed by atoms with Gasteiger partial charge in [-0.25, -0.2) is 0 Å². The van der Waals surface area contributed by atoms with Crippen LogP contribution in [0.15, 0.2) is 212 Å². The molecule has 10 aromatic rings. The van der Waals surface area contributed by atoms with E-state index < -0.39 is 0 Å². The van der Waals surface area contributed by atoms with Gasteiger partial charge in [0.25, 0.3) is 0 Å². The minimum absolute atomic E-state index is 0.0611. The Morgan fingerprint density at radius 3 is 1.68 bits per heavy atom. The SMILES string of the molecule is CC1(C)c2ccccc2-c2ccc(-c3cccc(N(c4ccc(-c5ccccc5)cc4)c4ccc(-c5c(-c6ccccc6)ccc6c5sc5ccccc56)cc4)c3)cc21. The zero-order chi connectivity index (χ0) is 39.5. The molecule has 11 rings (SSSR count). The van der Waals surface area contributed by atoms with E-state index in [1.807, 2.05) is 11.3 Å². The van der Waals surface area contributed by atoms with Crippen LogP contribution < -0.4 is 4.90 Å². The lowest BCUT2D eigenvalue weighted by Crippen LogP contribution is -2.14. The van der Waals surface area contributed by atoms with Crippen LogP contribution >= 0.6 is 11.3 Å². The number of hydrogen-bond acceptors (Lipinski definition) is 2. The van der Waals surface area contributed by atoms with Crippen molar-refractivity contribution in [1.29, 1.82) is 0 Å². The number of rotatable bonds is 7. The molecule has 280 valence electrons. The molecule has 0 fully saturated rings. The van der Waals surface area contributed by atoms with E-state index in [0.717, 1.165) is 17.1 Å². The molecule has 0 amide bonds. The molecule has 1 heterocycles. The quantitative estimate of drug-likeness (QED) is 0.156. The largest absolute Gasteiger partial charge is 0.310 e. The summed E-state index contributed by atoms with van der Waals surface area (Å²) in [5.74, 6) is 0. The van der Waals surface area contributed by atoms with Gasteiger partial charge in [-0.15, -0.1) is 11.3 Å². The standard InChI is InChI=1S/C57H41NS/c1-57(2)52-22-11-9-20-48(52)49-33-28-43(37-53(49)57)42-18-13-19-46(36-42)58(44-29-24-39(25-30-44)38-14-5-3-6-15-38)45-31-26-41(27-32-45)55-47(40-16-7-4-8-17-40)34-35-51-50-21-10-12-23-54(50)59-56(51)55/h3-37H,1-2H3. The van der Waals surface area contributed by atoms with Crippen molar-refractivity contribution < 1.29 is 0 Å². The maximum atomic E-state index is 2.42. The van der Waals surface area contributed by atoms with Crippen LogP contribution in [0, 0.1) is 0 Å². The highest BCUT2D eigenvalue weighted by Gasteiger charge is 2.35. The van der Waals surface area contributed by atoms with Crippen LogP contribution in [0.1, 0.15) is 25.0 Å². The molecule has 0 radical (unpaired) electrons. The molecule has 0 spiro atoms. The summed E-state index contributed by atoms with van der Waals surface area (Å²) >= 11 is 1.89. The highest BCUT2D eigenvalue weighted by Crippen LogP contribution is 2.50. The molecule has 2 heteroatoms. The van der Waals surface area contributed by atoms with Crippen molar-refractivity contribution in [2.24, 2.45) is 0 Å². The number of thiophene rings is 1. The Morgan fingerprint density at radius 2 is 0.915 bits per heavy atom. The number of hydrogen-bond donors (Lipinski definition) is 0. The lowest BCUT2D eigenvalue weighted by atomic mass is 9.81. The fourth-order valence-corrected chi connectivity index (χ4v) is 10.6. The lowest BCUT2D eigenvalue weighted by Gasteiger charge is -2.27. The van der Waals surface area contributed by atoms with Crippen molar-refractivity contribution in [2.75, 3.05) is 4.90 Å². The molecule has 0 aliphatic heterocycles. The summed E-state index contributed by atoms with van der Waals surface area (Å²) in [5.41, 5.74) is 18.5. The molecule has 0 N–H and O–H groups in total. The average Bonchev–Trinajstić information content (AvgIpc) is 3.79. The molecular formula is C57H41NS. The average molecular weight is 772 g/mol. The minimum atomic E-state index is -0.0611. The molecule has 0 saturated heterocycles. The van der Waals surface area contributed by atoms with E-state index in [4.69, 9.17) is 0 Å². The molecule has 1 aliphatic carbocycles. The second-order valence-electron chi connectivity index (χ2n) is 16.1. The Hall–Kier alpha value is -7.00. The van der Waals surface area contributed by atoms with Crippen molar-refractivity contribution in [3.63, 3.8) is 0 Å². The first kappa shape index (κ1) is 35.2. The van der Waals surface area contributed by atoms with Gasteiger partial charge in [0.2, 0.25) is 0 Å². The smallest absolute Gasteiger partial charge is 0.0467 e. The summed E-state index contributed by atoms with van der Waals surface area (Å²) in [6.45, 7) is 4.71. The van der Waals surface area contributed by atoms with Crippen molar-refractivity contribution in [3.05, 3.63) is 223 Å². The minimum Gasteiger partial charge on any atom is -0.310 e. The van der Waals surface area contributed by atoms with Gasteiger partial charge in [-0.1, -0.05) is 178 Å². The first-order chi connectivity index (χ1) is 29.0. The molecule has 1 aliphatic rings. The van der Waals surface area contributed by atoms with E-state index in [9.17, 15) is 0 Å². The molecule has 59 heavy (non-hydrogen) atoms. The maximum Gasteiger partial charge on any atom is 0.0467 e. The fourth-order valence-electron chi connectivity index (χ4n) is 9.30. The van der Waals surface area contributed by atoms with Crippen molar-refractivity contribution in [3.8, 4) is 55.6 Å². The van der Waals surface area contributed by atoms with Gasteiger partial charge in [0.1, 0.15) is 0 Å². The van der Waals surface area contributed by atoms with E-state index in [1.54, 1.807) is 0 Å².